The summed E-state index contributed by atoms with van der Waals surface area (Å²) in [7, 11) is 0. The monoisotopic (exact) mass is 206 g/mol. The van der Waals surface area contributed by atoms with Crippen molar-refractivity contribution in [3.8, 4) is 12.1 Å². The molecule has 0 spiro atoms. The number of hydrogen-bond acceptors (Lipinski definition) is 4. The molecule has 0 unspecified atom stereocenters. The molecule has 1 aliphatic rings. The van der Waals surface area contributed by atoms with Gasteiger partial charge in [-0.05, 0) is 12.8 Å². The Morgan fingerprint density at radius 2 is 2.29 bits per heavy atom. The van der Waals surface area contributed by atoms with Crippen molar-refractivity contribution in [3.05, 3.63) is 11.3 Å². The summed E-state index contributed by atoms with van der Waals surface area (Å²) >= 11 is 4.78. The SMILES string of the molecule is N#CCN1CCC/C1=C(/C#N)C(N)=S. The molecule has 1 heterocycles. The topological polar surface area (TPSA) is 76.8 Å². The van der Waals surface area contributed by atoms with Crippen LogP contribution in [0.4, 0.5) is 0 Å². The number of likely N-dealkylation sites (tertiary alicyclic amines) is 1. The summed E-state index contributed by atoms with van der Waals surface area (Å²) < 4.78 is 0. The van der Waals surface area contributed by atoms with Crippen molar-refractivity contribution in [2.24, 2.45) is 5.73 Å². The van der Waals surface area contributed by atoms with Crippen molar-refractivity contribution in [3.63, 3.8) is 0 Å². The molecule has 5 heteroatoms. The number of nitrogens with two attached hydrogens (primary N) is 1. The number of nitriles is 2. The van der Waals surface area contributed by atoms with Gasteiger partial charge in [0, 0.05) is 12.2 Å². The molecule has 1 fully saturated rings. The average Bonchev–Trinajstić information content (AvgIpc) is 2.55. The summed E-state index contributed by atoms with van der Waals surface area (Å²) in [4.78, 5) is 1.98. The summed E-state index contributed by atoms with van der Waals surface area (Å²) in [6.45, 7) is 1.10. The van der Waals surface area contributed by atoms with Crippen LogP contribution in [-0.2, 0) is 0 Å². The maximum absolute atomic E-state index is 8.86. The summed E-state index contributed by atoms with van der Waals surface area (Å²) in [6, 6.07) is 4.05. The molecule has 0 aromatic carbocycles. The molecule has 14 heavy (non-hydrogen) atoms. The molecule has 0 atom stereocenters. The number of hydrogen-bond donors (Lipinski definition) is 1. The Labute approximate surface area is 88.2 Å². The third-order valence-electron chi connectivity index (χ3n) is 2.13. The van der Waals surface area contributed by atoms with Crippen LogP contribution in [0.15, 0.2) is 11.3 Å². The third kappa shape index (κ3) is 2.01. The van der Waals surface area contributed by atoms with E-state index < -0.39 is 0 Å². The van der Waals surface area contributed by atoms with Crippen molar-refractivity contribution in [2.45, 2.75) is 12.8 Å². The number of rotatable bonds is 2. The molecule has 0 aliphatic carbocycles. The molecule has 1 rings (SSSR count). The lowest BCUT2D eigenvalue weighted by Gasteiger charge is -2.16. The van der Waals surface area contributed by atoms with E-state index >= 15 is 0 Å². The molecule has 0 aromatic rings. The quantitative estimate of drug-likeness (QED) is 0.311. The predicted octanol–water partition coefficient (Wildman–Crippen LogP) is 0.670. The second-order valence-corrected chi connectivity index (χ2v) is 3.42. The normalized spacial score (nSPS) is 18.6. The fourth-order valence-corrected chi connectivity index (χ4v) is 1.70. The zero-order valence-electron chi connectivity index (χ0n) is 7.66. The molecule has 1 aliphatic heterocycles. The number of nitrogens with zero attached hydrogens (tertiary/aromatic N) is 3. The Kier molecular flexibility index (Phi) is 3.44. The Balaban J connectivity index is 3.00. The molecular formula is C9H10N4S. The lowest BCUT2D eigenvalue weighted by molar-refractivity contribution is 0.440. The largest absolute Gasteiger partial charge is 0.389 e. The van der Waals surface area contributed by atoms with Crippen molar-refractivity contribution < 1.29 is 0 Å². The molecule has 0 bridgehead atoms. The van der Waals surface area contributed by atoms with Crippen LogP contribution in [0.2, 0.25) is 0 Å². The molecule has 0 aromatic heterocycles. The first-order valence-corrected chi connectivity index (χ1v) is 4.66. The number of allylic oxidation sites excluding steroid dienone is 1. The number of thiocarbonyl (C=S) groups is 1. The van der Waals surface area contributed by atoms with Crippen molar-refractivity contribution in [1.82, 2.24) is 4.90 Å². The van der Waals surface area contributed by atoms with Gasteiger partial charge in [0.25, 0.3) is 0 Å². The van der Waals surface area contributed by atoms with Crippen molar-refractivity contribution in [1.29, 1.82) is 10.5 Å². The van der Waals surface area contributed by atoms with E-state index in [1.165, 1.54) is 0 Å². The Bertz CT molecular complexity index is 358. The molecule has 4 nitrogen and oxygen atoms in total. The Morgan fingerprint density at radius 3 is 2.79 bits per heavy atom. The second kappa shape index (κ2) is 4.59. The molecule has 1 saturated heterocycles. The summed E-state index contributed by atoms with van der Waals surface area (Å²) in [5.41, 5.74) is 6.60. The van der Waals surface area contributed by atoms with Gasteiger partial charge in [0.05, 0.1) is 6.07 Å². The standard InChI is InChI=1S/C9H10N4S/c10-3-5-13-4-1-2-8(13)7(6-11)9(12)14/h1-2,4-5H2,(H2,12,14)/b8-7+. The smallest absolute Gasteiger partial charge is 0.116 e. The fraction of sp³-hybridized carbons (Fsp3) is 0.444. The zero-order valence-corrected chi connectivity index (χ0v) is 8.47. The van der Waals surface area contributed by atoms with Gasteiger partial charge in [-0.1, -0.05) is 12.2 Å². The van der Waals surface area contributed by atoms with Crippen LogP contribution in [0.25, 0.3) is 0 Å². The molecule has 0 saturated carbocycles. The second-order valence-electron chi connectivity index (χ2n) is 2.98. The van der Waals surface area contributed by atoms with E-state index in [4.69, 9.17) is 28.5 Å². The summed E-state index contributed by atoms with van der Waals surface area (Å²) in [5, 5.41) is 17.4. The molecule has 0 radical (unpaired) electrons. The van der Waals surface area contributed by atoms with Gasteiger partial charge >= 0.3 is 0 Å². The average molecular weight is 206 g/mol. The van der Waals surface area contributed by atoms with Crippen molar-refractivity contribution >= 4 is 17.2 Å². The first-order chi connectivity index (χ1) is 6.70. The Morgan fingerprint density at radius 1 is 1.57 bits per heavy atom. The van der Waals surface area contributed by atoms with Gasteiger partial charge in [-0.3, -0.25) is 0 Å². The van der Waals surface area contributed by atoms with E-state index in [2.05, 4.69) is 6.07 Å². The molecular weight excluding hydrogens is 196 g/mol. The highest BCUT2D eigenvalue weighted by Gasteiger charge is 2.21. The molecule has 0 amide bonds. The van der Waals surface area contributed by atoms with Crippen LogP contribution in [-0.4, -0.2) is 23.0 Å². The van der Waals surface area contributed by atoms with Crippen LogP contribution < -0.4 is 5.73 Å². The van der Waals surface area contributed by atoms with Crippen LogP contribution in [0.3, 0.4) is 0 Å². The van der Waals surface area contributed by atoms with Crippen LogP contribution in [0, 0.1) is 22.7 Å². The minimum atomic E-state index is 0.118. The highest BCUT2D eigenvalue weighted by atomic mass is 32.1. The predicted molar refractivity (Wildman–Crippen MR) is 55.8 cm³/mol. The zero-order chi connectivity index (χ0) is 10.6. The first-order valence-electron chi connectivity index (χ1n) is 4.25. The highest BCUT2D eigenvalue weighted by molar-refractivity contribution is 7.80. The van der Waals surface area contributed by atoms with Crippen LogP contribution >= 0.6 is 12.2 Å². The minimum Gasteiger partial charge on any atom is -0.389 e. The van der Waals surface area contributed by atoms with Crippen molar-refractivity contribution in [2.75, 3.05) is 13.1 Å². The maximum atomic E-state index is 8.86. The van der Waals surface area contributed by atoms with Gasteiger partial charge in [-0.15, -0.1) is 0 Å². The van der Waals surface area contributed by atoms with E-state index in [9.17, 15) is 0 Å². The molecule has 2 N–H and O–H groups in total. The van der Waals surface area contributed by atoms with Gasteiger partial charge < -0.3 is 10.6 Å². The fourth-order valence-electron chi connectivity index (χ4n) is 1.54. The molecule has 72 valence electrons. The lowest BCUT2D eigenvalue weighted by Crippen LogP contribution is -2.22. The van der Waals surface area contributed by atoms with Gasteiger partial charge in [-0.25, -0.2) is 0 Å². The van der Waals surface area contributed by atoms with Gasteiger partial charge in [-0.2, -0.15) is 10.5 Å². The van der Waals surface area contributed by atoms with Gasteiger partial charge in [0.1, 0.15) is 23.2 Å². The first kappa shape index (κ1) is 10.5. The van der Waals surface area contributed by atoms with Gasteiger partial charge in [0.2, 0.25) is 0 Å². The van der Waals surface area contributed by atoms with E-state index in [1.54, 1.807) is 0 Å². The minimum absolute atomic E-state index is 0.118. The highest BCUT2D eigenvalue weighted by Crippen LogP contribution is 2.23. The van der Waals surface area contributed by atoms with E-state index in [-0.39, 0.29) is 4.99 Å². The maximum Gasteiger partial charge on any atom is 0.116 e. The third-order valence-corrected chi connectivity index (χ3v) is 2.34. The van der Waals surface area contributed by atoms with E-state index in [1.807, 2.05) is 11.0 Å². The summed E-state index contributed by atoms with van der Waals surface area (Å²) in [6.07, 6.45) is 1.73. The van der Waals surface area contributed by atoms with E-state index in [0.29, 0.717) is 12.1 Å². The summed E-state index contributed by atoms with van der Waals surface area (Å²) in [5.74, 6) is 0. The Hall–Kier alpha value is -1.59. The van der Waals surface area contributed by atoms with Crippen LogP contribution in [0.1, 0.15) is 12.8 Å². The van der Waals surface area contributed by atoms with E-state index in [0.717, 1.165) is 25.1 Å². The lowest BCUT2D eigenvalue weighted by atomic mass is 10.2. The van der Waals surface area contributed by atoms with Gasteiger partial charge in [0.15, 0.2) is 0 Å². The van der Waals surface area contributed by atoms with Crippen LogP contribution in [0.5, 0.6) is 0 Å².